The molecule has 1 fully saturated rings. The Kier molecular flexibility index (Phi) is 5.08. The number of para-hydroxylation sites is 1. The number of halogens is 1. The van der Waals surface area contributed by atoms with E-state index in [4.69, 9.17) is 16.3 Å². The van der Waals surface area contributed by atoms with Gasteiger partial charge in [-0.25, -0.2) is 0 Å². The Labute approximate surface area is 119 Å². The van der Waals surface area contributed by atoms with E-state index in [0.29, 0.717) is 17.9 Å². The first-order valence-electron chi connectivity index (χ1n) is 6.87. The molecule has 0 aliphatic heterocycles. The van der Waals surface area contributed by atoms with Gasteiger partial charge >= 0.3 is 0 Å². The summed E-state index contributed by atoms with van der Waals surface area (Å²) < 4.78 is 5.48. The molecule has 0 saturated heterocycles. The Morgan fingerprint density at radius 2 is 2.00 bits per heavy atom. The molecular formula is C15H20ClNO2. The van der Waals surface area contributed by atoms with Gasteiger partial charge < -0.3 is 10.1 Å². The quantitative estimate of drug-likeness (QED) is 0.860. The molecule has 19 heavy (non-hydrogen) atoms. The van der Waals surface area contributed by atoms with Crippen LogP contribution in [0.25, 0.3) is 0 Å². The third-order valence-electron chi connectivity index (χ3n) is 3.42. The highest BCUT2D eigenvalue weighted by atomic mass is 35.5. The molecule has 4 heteroatoms. The molecule has 0 spiro atoms. The van der Waals surface area contributed by atoms with Gasteiger partial charge in [0.1, 0.15) is 5.75 Å². The van der Waals surface area contributed by atoms with Crippen LogP contribution in [0.3, 0.4) is 0 Å². The molecule has 0 heterocycles. The second-order valence-corrected chi connectivity index (χ2v) is 5.47. The first-order valence-corrected chi connectivity index (χ1v) is 7.31. The average molecular weight is 282 g/mol. The van der Waals surface area contributed by atoms with Gasteiger partial charge in [-0.3, -0.25) is 4.79 Å². The molecule has 0 aromatic heterocycles. The highest BCUT2D eigenvalue weighted by Gasteiger charge is 2.22. The van der Waals surface area contributed by atoms with Gasteiger partial charge in [0.25, 0.3) is 5.91 Å². The second-order valence-electron chi connectivity index (χ2n) is 4.85. The molecular weight excluding hydrogens is 262 g/mol. The van der Waals surface area contributed by atoms with Crippen LogP contribution in [0.1, 0.15) is 43.0 Å². The number of carbonyl (C=O) groups excluding carboxylic acids is 1. The van der Waals surface area contributed by atoms with Crippen molar-refractivity contribution in [3.8, 4) is 5.75 Å². The summed E-state index contributed by atoms with van der Waals surface area (Å²) in [6, 6.07) is 7.59. The zero-order valence-electron chi connectivity index (χ0n) is 11.2. The minimum atomic E-state index is -0.0536. The monoisotopic (exact) mass is 281 g/mol. The molecule has 104 valence electrons. The number of nitrogens with one attached hydrogen (secondary N) is 1. The van der Waals surface area contributed by atoms with Gasteiger partial charge in [-0.2, -0.15) is 0 Å². The standard InChI is InChI=1S/C15H20ClNO2/c1-2-19-14-6-4-3-5-13(14)15(18)17-12-9-7-11(16)8-10-12/h3-6,11-12H,2,7-10H2,1H3,(H,17,18). The lowest BCUT2D eigenvalue weighted by Gasteiger charge is -2.26. The summed E-state index contributed by atoms with van der Waals surface area (Å²) in [5, 5.41) is 3.34. The smallest absolute Gasteiger partial charge is 0.255 e. The maximum atomic E-state index is 12.3. The fourth-order valence-corrected chi connectivity index (χ4v) is 2.65. The van der Waals surface area contributed by atoms with Crippen molar-refractivity contribution in [3.63, 3.8) is 0 Å². The Morgan fingerprint density at radius 3 is 2.68 bits per heavy atom. The van der Waals surface area contributed by atoms with E-state index in [0.717, 1.165) is 25.7 Å². The number of ether oxygens (including phenoxy) is 1. The molecule has 1 N–H and O–H groups in total. The fraction of sp³-hybridized carbons (Fsp3) is 0.533. The average Bonchev–Trinajstić information content (AvgIpc) is 2.42. The van der Waals surface area contributed by atoms with E-state index in [9.17, 15) is 4.79 Å². The molecule has 1 aliphatic rings. The molecule has 1 saturated carbocycles. The van der Waals surface area contributed by atoms with Gasteiger partial charge in [0.05, 0.1) is 12.2 Å². The van der Waals surface area contributed by atoms with Crippen LogP contribution in [0.15, 0.2) is 24.3 Å². The lowest BCUT2D eigenvalue weighted by molar-refractivity contribution is 0.0924. The Bertz CT molecular complexity index is 428. The van der Waals surface area contributed by atoms with Crippen LogP contribution < -0.4 is 10.1 Å². The molecule has 1 aliphatic carbocycles. The summed E-state index contributed by atoms with van der Waals surface area (Å²) >= 11 is 6.07. The van der Waals surface area contributed by atoms with Gasteiger partial charge in [-0.15, -0.1) is 11.6 Å². The van der Waals surface area contributed by atoms with Crippen LogP contribution in [0.2, 0.25) is 0 Å². The van der Waals surface area contributed by atoms with Crippen molar-refractivity contribution in [3.05, 3.63) is 29.8 Å². The van der Waals surface area contributed by atoms with Crippen LogP contribution in [0, 0.1) is 0 Å². The summed E-state index contributed by atoms with van der Waals surface area (Å²) in [6.07, 6.45) is 3.85. The Hall–Kier alpha value is -1.22. The van der Waals surface area contributed by atoms with Gasteiger partial charge in [0, 0.05) is 11.4 Å². The van der Waals surface area contributed by atoms with Crippen molar-refractivity contribution >= 4 is 17.5 Å². The molecule has 3 nitrogen and oxygen atoms in total. The third kappa shape index (κ3) is 3.87. The minimum absolute atomic E-state index is 0.0536. The number of amides is 1. The van der Waals surface area contributed by atoms with Crippen molar-refractivity contribution in [2.24, 2.45) is 0 Å². The van der Waals surface area contributed by atoms with Crippen LogP contribution in [0.4, 0.5) is 0 Å². The van der Waals surface area contributed by atoms with E-state index in [1.165, 1.54) is 0 Å². The number of carbonyl (C=O) groups is 1. The minimum Gasteiger partial charge on any atom is -0.493 e. The molecule has 0 atom stereocenters. The van der Waals surface area contributed by atoms with Crippen molar-refractivity contribution in [2.45, 2.75) is 44.0 Å². The van der Waals surface area contributed by atoms with Gasteiger partial charge in [-0.05, 0) is 44.7 Å². The maximum Gasteiger partial charge on any atom is 0.255 e. The normalized spacial score (nSPS) is 22.8. The van der Waals surface area contributed by atoms with Gasteiger partial charge in [-0.1, -0.05) is 12.1 Å². The molecule has 0 unspecified atom stereocenters. The molecule has 1 aromatic carbocycles. The van der Waals surface area contributed by atoms with Crippen LogP contribution in [-0.2, 0) is 0 Å². The molecule has 2 rings (SSSR count). The molecule has 0 radical (unpaired) electrons. The number of rotatable bonds is 4. The SMILES string of the molecule is CCOc1ccccc1C(=O)NC1CCC(Cl)CC1. The maximum absolute atomic E-state index is 12.3. The van der Waals surface area contributed by atoms with E-state index < -0.39 is 0 Å². The second kappa shape index (κ2) is 6.80. The van der Waals surface area contributed by atoms with Crippen molar-refractivity contribution in [2.75, 3.05) is 6.61 Å². The van der Waals surface area contributed by atoms with E-state index in [1.54, 1.807) is 6.07 Å². The summed E-state index contributed by atoms with van der Waals surface area (Å²) in [7, 11) is 0. The topological polar surface area (TPSA) is 38.3 Å². The van der Waals surface area contributed by atoms with E-state index in [2.05, 4.69) is 5.32 Å². The van der Waals surface area contributed by atoms with Crippen molar-refractivity contribution in [1.82, 2.24) is 5.32 Å². The zero-order chi connectivity index (χ0) is 13.7. The molecule has 1 aromatic rings. The highest BCUT2D eigenvalue weighted by molar-refractivity contribution is 6.20. The Balaban J connectivity index is 1.99. The number of alkyl halides is 1. The lowest BCUT2D eigenvalue weighted by atomic mass is 9.95. The van der Waals surface area contributed by atoms with Crippen LogP contribution in [-0.4, -0.2) is 23.9 Å². The van der Waals surface area contributed by atoms with Crippen molar-refractivity contribution < 1.29 is 9.53 Å². The van der Waals surface area contributed by atoms with E-state index in [1.807, 2.05) is 25.1 Å². The highest BCUT2D eigenvalue weighted by Crippen LogP contribution is 2.24. The number of hydrogen-bond acceptors (Lipinski definition) is 2. The largest absolute Gasteiger partial charge is 0.493 e. The number of benzene rings is 1. The zero-order valence-corrected chi connectivity index (χ0v) is 12.0. The lowest BCUT2D eigenvalue weighted by Crippen LogP contribution is -2.38. The summed E-state index contributed by atoms with van der Waals surface area (Å²) in [5.41, 5.74) is 0.609. The first kappa shape index (κ1) is 14.2. The molecule has 1 amide bonds. The Morgan fingerprint density at radius 1 is 1.32 bits per heavy atom. The van der Waals surface area contributed by atoms with Crippen LogP contribution >= 0.6 is 11.6 Å². The fourth-order valence-electron chi connectivity index (χ4n) is 2.40. The van der Waals surface area contributed by atoms with E-state index in [-0.39, 0.29) is 17.3 Å². The van der Waals surface area contributed by atoms with E-state index >= 15 is 0 Å². The van der Waals surface area contributed by atoms with Gasteiger partial charge in [0.15, 0.2) is 0 Å². The van der Waals surface area contributed by atoms with Crippen LogP contribution in [0.5, 0.6) is 5.75 Å². The predicted octanol–water partition coefficient (Wildman–Crippen LogP) is 3.37. The summed E-state index contributed by atoms with van der Waals surface area (Å²) in [4.78, 5) is 12.3. The molecule has 0 bridgehead atoms. The predicted molar refractivity (Wildman–Crippen MR) is 77.0 cm³/mol. The first-order chi connectivity index (χ1) is 9.20. The summed E-state index contributed by atoms with van der Waals surface area (Å²) in [6.45, 7) is 2.47. The van der Waals surface area contributed by atoms with Crippen molar-refractivity contribution in [1.29, 1.82) is 0 Å². The third-order valence-corrected chi connectivity index (χ3v) is 3.86. The van der Waals surface area contributed by atoms with Gasteiger partial charge in [0.2, 0.25) is 0 Å². The number of hydrogen-bond donors (Lipinski definition) is 1. The summed E-state index contributed by atoms with van der Waals surface area (Å²) in [5.74, 6) is 0.593.